The van der Waals surface area contributed by atoms with Crippen molar-refractivity contribution < 1.29 is 17.9 Å². The lowest BCUT2D eigenvalue weighted by atomic mass is 10.0. The van der Waals surface area contributed by atoms with Gasteiger partial charge in [0, 0.05) is 31.0 Å². The average molecular weight is 571 g/mol. The van der Waals surface area contributed by atoms with Gasteiger partial charge in [0.2, 0.25) is 10.0 Å². The number of anilines is 1. The van der Waals surface area contributed by atoms with Crippen LogP contribution in [0.4, 0.5) is 5.13 Å². The molecule has 202 valence electrons. The molecule has 3 heterocycles. The monoisotopic (exact) mass is 570 g/mol. The molecule has 3 aromatic carbocycles. The number of fused-ring (bicyclic) bond motifs is 2. The summed E-state index contributed by atoms with van der Waals surface area (Å²) in [5.41, 5.74) is 4.07. The molecule has 8 nitrogen and oxygen atoms in total. The van der Waals surface area contributed by atoms with Crippen LogP contribution in [0.25, 0.3) is 10.2 Å². The Kier molecular flexibility index (Phi) is 7.05. The number of para-hydroxylation sites is 1. The molecule has 2 aromatic heterocycles. The van der Waals surface area contributed by atoms with Gasteiger partial charge in [-0.15, -0.1) is 0 Å². The smallest absolute Gasteiger partial charge is 0.260 e. The van der Waals surface area contributed by atoms with Gasteiger partial charge >= 0.3 is 0 Å². The van der Waals surface area contributed by atoms with E-state index in [1.165, 1.54) is 33.3 Å². The molecule has 1 aliphatic rings. The number of rotatable bonds is 7. The molecule has 0 unspecified atom stereocenters. The largest absolute Gasteiger partial charge is 0.494 e. The maximum atomic E-state index is 13.9. The van der Waals surface area contributed by atoms with Gasteiger partial charge in [0.15, 0.2) is 5.13 Å². The van der Waals surface area contributed by atoms with Crippen LogP contribution in [0.1, 0.15) is 27.0 Å². The number of amides is 1. The highest BCUT2D eigenvalue weighted by atomic mass is 32.2. The molecule has 6 rings (SSSR count). The Morgan fingerprint density at radius 1 is 1.00 bits per heavy atom. The first-order valence-electron chi connectivity index (χ1n) is 12.8. The first-order valence-corrected chi connectivity index (χ1v) is 15.0. The van der Waals surface area contributed by atoms with Gasteiger partial charge in [-0.1, -0.05) is 47.7 Å². The van der Waals surface area contributed by atoms with Gasteiger partial charge in [0.25, 0.3) is 5.91 Å². The number of aromatic nitrogens is 2. The van der Waals surface area contributed by atoms with Crippen LogP contribution in [-0.4, -0.2) is 42.3 Å². The molecule has 0 spiro atoms. The predicted octanol–water partition coefficient (Wildman–Crippen LogP) is 5.29. The number of nitrogens with zero attached hydrogens (tertiary/aromatic N) is 4. The molecule has 1 amide bonds. The number of carbonyl (C=O) groups is 1. The maximum absolute atomic E-state index is 13.9. The number of thiazole rings is 1. The van der Waals surface area contributed by atoms with Crippen molar-refractivity contribution in [1.29, 1.82) is 0 Å². The molecule has 1 aliphatic heterocycles. The van der Waals surface area contributed by atoms with Crippen LogP contribution in [0.2, 0.25) is 0 Å². The molecule has 0 saturated heterocycles. The normalized spacial score (nSPS) is 13.6. The number of sulfonamides is 1. The fourth-order valence-electron chi connectivity index (χ4n) is 4.84. The fraction of sp³-hybridized carbons (Fsp3) is 0.167. The first kappa shape index (κ1) is 26.1. The Labute approximate surface area is 236 Å². The van der Waals surface area contributed by atoms with E-state index < -0.39 is 10.0 Å². The lowest BCUT2D eigenvalue weighted by Crippen LogP contribution is -2.36. The van der Waals surface area contributed by atoms with Crippen LogP contribution in [0, 0.1) is 0 Å². The Morgan fingerprint density at radius 3 is 2.55 bits per heavy atom. The summed E-state index contributed by atoms with van der Waals surface area (Å²) in [6, 6.07) is 23.4. The average Bonchev–Trinajstić information content (AvgIpc) is 3.44. The summed E-state index contributed by atoms with van der Waals surface area (Å²) in [6.45, 7) is 1.00. The zero-order valence-electron chi connectivity index (χ0n) is 21.7. The zero-order chi connectivity index (χ0) is 27.7. The summed E-state index contributed by atoms with van der Waals surface area (Å²) >= 11 is 1.39. The van der Waals surface area contributed by atoms with Gasteiger partial charge in [-0.3, -0.25) is 14.7 Å². The van der Waals surface area contributed by atoms with Gasteiger partial charge in [-0.2, -0.15) is 4.31 Å². The molecule has 0 N–H and O–H groups in total. The second kappa shape index (κ2) is 10.8. The topological polar surface area (TPSA) is 92.7 Å². The summed E-state index contributed by atoms with van der Waals surface area (Å²) in [4.78, 5) is 24.5. The maximum Gasteiger partial charge on any atom is 0.260 e. The highest BCUT2D eigenvalue weighted by Gasteiger charge is 2.29. The number of methoxy groups -OCH3 is 1. The fourth-order valence-corrected chi connectivity index (χ4v) is 7.24. The van der Waals surface area contributed by atoms with E-state index in [4.69, 9.17) is 9.72 Å². The Morgan fingerprint density at radius 2 is 1.80 bits per heavy atom. The SMILES string of the molecule is COc1cccc2sc(N(Cc3cccnc3)C(=O)c3ccc(S(=O)(=O)N4CCc5ccccc5C4)cc3)nc12. The van der Waals surface area contributed by atoms with E-state index in [-0.39, 0.29) is 17.3 Å². The summed E-state index contributed by atoms with van der Waals surface area (Å²) in [5.74, 6) is 0.335. The van der Waals surface area contributed by atoms with E-state index >= 15 is 0 Å². The van der Waals surface area contributed by atoms with Crippen molar-refractivity contribution in [3.05, 3.63) is 114 Å². The summed E-state index contributed by atoms with van der Waals surface area (Å²) in [6.07, 6.45) is 4.06. The van der Waals surface area contributed by atoms with Gasteiger partial charge in [0.1, 0.15) is 11.3 Å². The predicted molar refractivity (Wildman–Crippen MR) is 155 cm³/mol. The molecule has 10 heteroatoms. The lowest BCUT2D eigenvalue weighted by Gasteiger charge is -2.28. The van der Waals surface area contributed by atoms with E-state index in [9.17, 15) is 13.2 Å². The van der Waals surface area contributed by atoms with Crippen molar-refractivity contribution in [2.75, 3.05) is 18.6 Å². The third kappa shape index (κ3) is 4.97. The number of hydrogen-bond donors (Lipinski definition) is 0. The molecule has 0 atom stereocenters. The lowest BCUT2D eigenvalue weighted by molar-refractivity contribution is 0.0985. The van der Waals surface area contributed by atoms with Crippen molar-refractivity contribution in [2.45, 2.75) is 24.4 Å². The Bertz CT molecular complexity index is 1790. The molecule has 40 heavy (non-hydrogen) atoms. The Balaban J connectivity index is 1.30. The van der Waals surface area contributed by atoms with Crippen LogP contribution >= 0.6 is 11.3 Å². The van der Waals surface area contributed by atoms with Crippen molar-refractivity contribution in [3.63, 3.8) is 0 Å². The number of ether oxygens (including phenoxy) is 1. The molecule has 0 fully saturated rings. The minimum absolute atomic E-state index is 0.159. The van der Waals surface area contributed by atoms with E-state index in [1.54, 1.807) is 36.5 Å². The van der Waals surface area contributed by atoms with Gasteiger partial charge < -0.3 is 4.74 Å². The van der Waals surface area contributed by atoms with Gasteiger partial charge in [-0.05, 0) is 65.6 Å². The van der Waals surface area contributed by atoms with Crippen molar-refractivity contribution in [3.8, 4) is 5.75 Å². The van der Waals surface area contributed by atoms with Crippen molar-refractivity contribution in [1.82, 2.24) is 14.3 Å². The van der Waals surface area contributed by atoms with E-state index in [2.05, 4.69) is 4.98 Å². The zero-order valence-corrected chi connectivity index (χ0v) is 23.4. The minimum atomic E-state index is -3.72. The molecular weight excluding hydrogens is 544 g/mol. The molecule has 0 saturated carbocycles. The minimum Gasteiger partial charge on any atom is -0.494 e. The van der Waals surface area contributed by atoms with Crippen LogP contribution in [0.3, 0.4) is 0 Å². The highest BCUT2D eigenvalue weighted by Crippen LogP contribution is 2.35. The number of carbonyl (C=O) groups excluding carboxylic acids is 1. The molecule has 5 aromatic rings. The third-order valence-electron chi connectivity index (χ3n) is 6.96. The number of pyridine rings is 1. The first-order chi connectivity index (χ1) is 19.4. The second-order valence-electron chi connectivity index (χ2n) is 9.44. The quantitative estimate of drug-likeness (QED) is 0.264. The summed E-state index contributed by atoms with van der Waals surface area (Å²) in [5, 5.41) is 0.511. The highest BCUT2D eigenvalue weighted by molar-refractivity contribution is 7.89. The molecule has 0 radical (unpaired) electrons. The molecule has 0 bridgehead atoms. The summed E-state index contributed by atoms with van der Waals surface area (Å²) < 4.78 is 34.7. The van der Waals surface area contributed by atoms with Crippen molar-refractivity contribution in [2.24, 2.45) is 0 Å². The van der Waals surface area contributed by atoms with Crippen LogP contribution in [0.5, 0.6) is 5.75 Å². The second-order valence-corrected chi connectivity index (χ2v) is 12.4. The van der Waals surface area contributed by atoms with Gasteiger partial charge in [0.05, 0.1) is 23.2 Å². The van der Waals surface area contributed by atoms with Gasteiger partial charge in [-0.25, -0.2) is 13.4 Å². The molecule has 0 aliphatic carbocycles. The number of benzene rings is 3. The van der Waals surface area contributed by atoms with Crippen LogP contribution in [0.15, 0.2) is 96.2 Å². The van der Waals surface area contributed by atoms with E-state index in [1.807, 2.05) is 54.6 Å². The Hall–Kier alpha value is -4.12. The van der Waals surface area contributed by atoms with E-state index in [0.717, 1.165) is 15.8 Å². The van der Waals surface area contributed by atoms with Crippen LogP contribution < -0.4 is 9.64 Å². The van der Waals surface area contributed by atoms with Crippen LogP contribution in [-0.2, 0) is 29.5 Å². The third-order valence-corrected chi connectivity index (χ3v) is 9.87. The standard InChI is InChI=1S/C30H26N4O4S2/c1-38-26-9-4-10-27-28(26)32-30(39-27)34(19-21-6-5-16-31-18-21)29(35)23-11-13-25(14-12-23)40(36,37)33-17-15-22-7-2-3-8-24(22)20-33/h2-14,16,18H,15,17,19-20H2,1H3. The molecular formula is C30H26N4O4S2. The number of hydrogen-bond acceptors (Lipinski definition) is 7. The summed E-state index contributed by atoms with van der Waals surface area (Å²) in [7, 11) is -2.13. The van der Waals surface area contributed by atoms with Crippen molar-refractivity contribution >= 4 is 42.6 Å². The van der Waals surface area contributed by atoms with E-state index in [0.29, 0.717) is 41.5 Å².